The van der Waals surface area contributed by atoms with Crippen molar-refractivity contribution in [3.63, 3.8) is 0 Å². The van der Waals surface area contributed by atoms with Crippen LogP contribution in [0.1, 0.15) is 77.6 Å². The van der Waals surface area contributed by atoms with E-state index in [1.54, 1.807) is 0 Å². The van der Waals surface area contributed by atoms with E-state index in [0.717, 1.165) is 32.1 Å². The maximum atomic E-state index is 12.7. The second-order valence-electron chi connectivity index (χ2n) is 6.23. The summed E-state index contributed by atoms with van der Waals surface area (Å²) in [5.41, 5.74) is 0. The van der Waals surface area contributed by atoms with Gasteiger partial charge in [-0.25, -0.2) is 8.42 Å². The standard InChI is InChI=1S/C15H29NO2S/c1-2-13-19(17,18)16(14-9-5-3-6-10-14)15-11-7-4-8-12-15/h14-15H,2-13H2,1H3. The average molecular weight is 287 g/mol. The SMILES string of the molecule is CCCS(=O)(=O)N(C1CCCCC1)C1CCCCC1. The lowest BCUT2D eigenvalue weighted by atomic mass is 9.91. The van der Waals surface area contributed by atoms with E-state index in [2.05, 4.69) is 0 Å². The summed E-state index contributed by atoms with van der Waals surface area (Å²) in [6.07, 6.45) is 12.4. The Hall–Kier alpha value is -0.0900. The third kappa shape index (κ3) is 3.94. The Labute approximate surface area is 118 Å². The summed E-state index contributed by atoms with van der Waals surface area (Å²) in [4.78, 5) is 0. The zero-order valence-corrected chi connectivity index (χ0v) is 13.1. The van der Waals surface area contributed by atoms with Crippen molar-refractivity contribution in [3.8, 4) is 0 Å². The lowest BCUT2D eigenvalue weighted by molar-refractivity contribution is 0.170. The molecule has 0 bridgehead atoms. The smallest absolute Gasteiger partial charge is 0.212 e. The van der Waals surface area contributed by atoms with Gasteiger partial charge in [-0.15, -0.1) is 0 Å². The molecule has 0 radical (unpaired) electrons. The van der Waals surface area contributed by atoms with E-state index in [9.17, 15) is 8.42 Å². The Morgan fingerprint density at radius 1 is 0.842 bits per heavy atom. The minimum Gasteiger partial charge on any atom is -0.212 e. The summed E-state index contributed by atoms with van der Waals surface area (Å²) in [6, 6.07) is 0.599. The highest BCUT2D eigenvalue weighted by Crippen LogP contribution is 2.32. The molecule has 0 unspecified atom stereocenters. The van der Waals surface area contributed by atoms with Crippen LogP contribution >= 0.6 is 0 Å². The minimum atomic E-state index is -3.04. The third-order valence-electron chi connectivity index (χ3n) is 4.65. The topological polar surface area (TPSA) is 37.4 Å². The molecular formula is C15H29NO2S. The molecule has 0 atom stereocenters. The van der Waals surface area contributed by atoms with Crippen molar-refractivity contribution in [3.05, 3.63) is 0 Å². The number of hydrogen-bond donors (Lipinski definition) is 0. The molecule has 0 heterocycles. The van der Waals surface area contributed by atoms with Crippen LogP contribution in [0.2, 0.25) is 0 Å². The molecule has 0 aromatic rings. The fourth-order valence-electron chi connectivity index (χ4n) is 3.79. The summed E-state index contributed by atoms with van der Waals surface area (Å²) in [5, 5.41) is 0. The zero-order chi connectivity index (χ0) is 13.7. The van der Waals surface area contributed by atoms with Gasteiger partial charge in [0.05, 0.1) is 5.75 Å². The average Bonchev–Trinajstić information content (AvgIpc) is 2.41. The van der Waals surface area contributed by atoms with E-state index < -0.39 is 10.0 Å². The van der Waals surface area contributed by atoms with Gasteiger partial charge in [0, 0.05) is 12.1 Å². The van der Waals surface area contributed by atoms with Crippen molar-refractivity contribution in [1.29, 1.82) is 0 Å². The summed E-state index contributed by atoms with van der Waals surface area (Å²) in [7, 11) is -3.04. The number of rotatable bonds is 5. The molecule has 4 heteroatoms. The van der Waals surface area contributed by atoms with Crippen LogP contribution in [-0.4, -0.2) is 30.6 Å². The van der Waals surface area contributed by atoms with Crippen LogP contribution < -0.4 is 0 Å². The monoisotopic (exact) mass is 287 g/mol. The molecular weight excluding hydrogens is 258 g/mol. The largest absolute Gasteiger partial charge is 0.214 e. The van der Waals surface area contributed by atoms with Crippen molar-refractivity contribution in [1.82, 2.24) is 4.31 Å². The van der Waals surface area contributed by atoms with Gasteiger partial charge in [0.25, 0.3) is 0 Å². The minimum absolute atomic E-state index is 0.299. The third-order valence-corrected chi connectivity index (χ3v) is 6.82. The van der Waals surface area contributed by atoms with Gasteiger partial charge in [-0.05, 0) is 32.1 Å². The van der Waals surface area contributed by atoms with E-state index in [1.165, 1.54) is 38.5 Å². The Morgan fingerprint density at radius 3 is 1.63 bits per heavy atom. The van der Waals surface area contributed by atoms with Crippen LogP contribution in [0, 0.1) is 0 Å². The van der Waals surface area contributed by atoms with E-state index in [-0.39, 0.29) is 0 Å². The van der Waals surface area contributed by atoms with Crippen molar-refractivity contribution < 1.29 is 8.42 Å². The van der Waals surface area contributed by atoms with Crippen LogP contribution in [0.15, 0.2) is 0 Å². The quantitative estimate of drug-likeness (QED) is 0.773. The molecule has 0 spiro atoms. The van der Waals surface area contributed by atoms with Crippen molar-refractivity contribution in [2.75, 3.05) is 5.75 Å². The molecule has 2 fully saturated rings. The van der Waals surface area contributed by atoms with Gasteiger partial charge in [-0.3, -0.25) is 0 Å². The fourth-order valence-corrected chi connectivity index (χ4v) is 5.84. The van der Waals surface area contributed by atoms with Crippen molar-refractivity contribution >= 4 is 10.0 Å². The fraction of sp³-hybridized carbons (Fsp3) is 1.00. The first kappa shape index (κ1) is 15.3. The van der Waals surface area contributed by atoms with Gasteiger partial charge < -0.3 is 0 Å². The molecule has 0 aliphatic heterocycles. The van der Waals surface area contributed by atoms with Gasteiger partial charge in [-0.1, -0.05) is 45.4 Å². The maximum Gasteiger partial charge on any atom is 0.214 e. The molecule has 112 valence electrons. The maximum absolute atomic E-state index is 12.7. The highest BCUT2D eigenvalue weighted by atomic mass is 32.2. The van der Waals surface area contributed by atoms with Crippen LogP contribution in [0.4, 0.5) is 0 Å². The van der Waals surface area contributed by atoms with E-state index in [1.807, 2.05) is 11.2 Å². The number of sulfonamides is 1. The molecule has 0 saturated heterocycles. The van der Waals surface area contributed by atoms with Gasteiger partial charge in [0.1, 0.15) is 0 Å². The number of nitrogens with zero attached hydrogens (tertiary/aromatic N) is 1. The molecule has 0 amide bonds. The lowest BCUT2D eigenvalue weighted by Gasteiger charge is -2.40. The van der Waals surface area contributed by atoms with Gasteiger partial charge >= 0.3 is 0 Å². The second kappa shape index (κ2) is 7.07. The normalized spacial score (nSPS) is 23.9. The van der Waals surface area contributed by atoms with Crippen LogP contribution in [-0.2, 0) is 10.0 Å². The van der Waals surface area contributed by atoms with E-state index >= 15 is 0 Å². The first-order valence-electron chi connectivity index (χ1n) is 8.16. The second-order valence-corrected chi connectivity index (χ2v) is 8.22. The molecule has 2 saturated carbocycles. The molecule has 0 aromatic heterocycles. The van der Waals surface area contributed by atoms with Crippen LogP contribution in [0.25, 0.3) is 0 Å². The first-order chi connectivity index (χ1) is 9.15. The predicted molar refractivity (Wildman–Crippen MR) is 79.7 cm³/mol. The summed E-state index contributed by atoms with van der Waals surface area (Å²) in [6.45, 7) is 1.97. The van der Waals surface area contributed by atoms with Crippen molar-refractivity contribution in [2.24, 2.45) is 0 Å². The Bertz CT molecular complexity index is 336. The lowest BCUT2D eigenvalue weighted by Crippen LogP contribution is -2.49. The highest BCUT2D eigenvalue weighted by molar-refractivity contribution is 7.89. The molecule has 0 aromatic carbocycles. The van der Waals surface area contributed by atoms with Gasteiger partial charge in [-0.2, -0.15) is 4.31 Å². The summed E-state index contributed by atoms with van der Waals surface area (Å²) in [5.74, 6) is 0.333. The molecule has 19 heavy (non-hydrogen) atoms. The van der Waals surface area contributed by atoms with Crippen molar-refractivity contribution in [2.45, 2.75) is 89.6 Å². The van der Waals surface area contributed by atoms with E-state index in [4.69, 9.17) is 0 Å². The summed E-state index contributed by atoms with van der Waals surface area (Å²) < 4.78 is 27.3. The predicted octanol–water partition coefficient (Wildman–Crippen LogP) is 3.69. The zero-order valence-electron chi connectivity index (χ0n) is 12.3. The van der Waals surface area contributed by atoms with Crippen LogP contribution in [0.5, 0.6) is 0 Å². The van der Waals surface area contributed by atoms with Gasteiger partial charge in [0.2, 0.25) is 10.0 Å². The highest BCUT2D eigenvalue weighted by Gasteiger charge is 2.36. The van der Waals surface area contributed by atoms with Crippen LogP contribution in [0.3, 0.4) is 0 Å². The van der Waals surface area contributed by atoms with E-state index in [0.29, 0.717) is 17.8 Å². The first-order valence-corrected chi connectivity index (χ1v) is 9.77. The molecule has 3 nitrogen and oxygen atoms in total. The Balaban J connectivity index is 2.15. The molecule has 2 aliphatic carbocycles. The molecule has 0 N–H and O–H groups in total. The molecule has 2 aliphatic rings. The van der Waals surface area contributed by atoms with Gasteiger partial charge in [0.15, 0.2) is 0 Å². The summed E-state index contributed by atoms with van der Waals surface area (Å²) >= 11 is 0. The molecule has 2 rings (SSSR count). The Kier molecular flexibility index (Phi) is 5.70. The number of hydrogen-bond acceptors (Lipinski definition) is 2. The Morgan fingerprint density at radius 2 is 1.26 bits per heavy atom.